The molecule has 0 radical (unpaired) electrons. The van der Waals surface area contributed by atoms with E-state index in [1.54, 1.807) is 5.38 Å². The molecular weight excluding hydrogens is 717 g/mol. The number of nitrogens with zero attached hydrogens (tertiary/aromatic N) is 2. The summed E-state index contributed by atoms with van der Waals surface area (Å²) < 4.78 is 28.6. The number of hydrogen-bond acceptors (Lipinski definition) is 8. The second kappa shape index (κ2) is 16.8. The number of Topliss-reactive ketones (excluding diaryl/α,β-unsaturated/α-hetero) is 1. The quantitative estimate of drug-likeness (QED) is 0.115. The summed E-state index contributed by atoms with van der Waals surface area (Å²) in [5, 5.41) is 9.95. The van der Waals surface area contributed by atoms with E-state index in [1.165, 1.54) is 23.4 Å². The van der Waals surface area contributed by atoms with Gasteiger partial charge in [0, 0.05) is 30.9 Å². The van der Waals surface area contributed by atoms with Gasteiger partial charge in [-0.15, -0.1) is 17.9 Å². The number of thiazole rings is 1. The Morgan fingerprint density at radius 1 is 1.09 bits per heavy atom. The van der Waals surface area contributed by atoms with E-state index in [9.17, 15) is 32.7 Å². The Morgan fingerprint density at radius 3 is 2.30 bits per heavy atom. The summed E-state index contributed by atoms with van der Waals surface area (Å²) in [6, 6.07) is -4.19. The fourth-order valence-corrected chi connectivity index (χ4v) is 10.8. The Labute approximate surface area is 319 Å². The molecule has 2 aliphatic carbocycles. The smallest absolute Gasteiger partial charge is 0.289 e. The van der Waals surface area contributed by atoms with E-state index in [2.05, 4.69) is 46.1 Å². The van der Waals surface area contributed by atoms with Crippen molar-refractivity contribution in [2.45, 2.75) is 134 Å². The van der Waals surface area contributed by atoms with Gasteiger partial charge in [0.05, 0.1) is 6.04 Å². The largest absolute Gasteiger partial charge is 0.346 e. The van der Waals surface area contributed by atoms with Gasteiger partial charge in [0.2, 0.25) is 27.8 Å². The molecule has 1 aromatic rings. The Hall–Kier alpha value is -3.01. The number of likely N-dealkylation sites (tertiary alicyclic amines) is 1. The van der Waals surface area contributed by atoms with Gasteiger partial charge >= 0.3 is 0 Å². The molecule has 13 nitrogen and oxygen atoms in total. The topological polar surface area (TPSA) is 187 Å². The fraction of sp³-hybridized carbons (Fsp3) is 0.737. The van der Waals surface area contributed by atoms with Crippen molar-refractivity contribution in [2.24, 2.45) is 28.6 Å². The maximum absolute atomic E-state index is 14.8. The third-order valence-electron chi connectivity index (χ3n) is 10.9. The molecule has 5 atom stereocenters. The van der Waals surface area contributed by atoms with E-state index in [1.807, 2.05) is 27.7 Å². The van der Waals surface area contributed by atoms with Crippen molar-refractivity contribution in [3.63, 3.8) is 0 Å². The molecule has 5 N–H and O–H groups in total. The minimum absolute atomic E-state index is 0.00606. The van der Waals surface area contributed by atoms with E-state index in [4.69, 9.17) is 0 Å². The van der Waals surface area contributed by atoms with Crippen LogP contribution in [0.3, 0.4) is 0 Å². The third-order valence-corrected chi connectivity index (χ3v) is 14.6. The zero-order chi connectivity index (χ0) is 39.4. The molecule has 1 aromatic heterocycles. The van der Waals surface area contributed by atoms with Gasteiger partial charge in [0.15, 0.2) is 0 Å². The monoisotopic (exact) mass is 778 g/mol. The lowest BCUT2D eigenvalue weighted by Gasteiger charge is -2.48. The lowest BCUT2D eigenvalue weighted by atomic mass is 9.70. The Kier molecular flexibility index (Phi) is 13.5. The van der Waals surface area contributed by atoms with E-state index in [0.29, 0.717) is 31.6 Å². The number of aromatic nitrogens is 1. The van der Waals surface area contributed by atoms with E-state index in [0.717, 1.165) is 49.9 Å². The van der Waals surface area contributed by atoms with Gasteiger partial charge in [-0.2, -0.15) is 4.21 Å². The summed E-state index contributed by atoms with van der Waals surface area (Å²) in [5.74, 6) is -2.54. The van der Waals surface area contributed by atoms with Crippen LogP contribution in [0.2, 0.25) is 0 Å². The molecule has 2 saturated carbocycles. The molecule has 1 aliphatic heterocycles. The van der Waals surface area contributed by atoms with Crippen molar-refractivity contribution < 1.29 is 32.7 Å². The zero-order valence-corrected chi connectivity index (χ0v) is 34.2. The fourth-order valence-electron chi connectivity index (χ4n) is 7.83. The van der Waals surface area contributed by atoms with Crippen molar-refractivity contribution in [3.8, 4) is 0 Å². The molecule has 4 amide bonds. The third kappa shape index (κ3) is 11.0. The summed E-state index contributed by atoms with van der Waals surface area (Å²) in [4.78, 5) is 75.0. The molecule has 0 spiro atoms. The minimum atomic E-state index is -4.79. The highest BCUT2D eigenvalue weighted by Gasteiger charge is 2.49. The van der Waals surface area contributed by atoms with Crippen LogP contribution in [0, 0.1) is 28.6 Å². The molecule has 1 unspecified atom stereocenters. The standard InChI is InChI=1S/C38H62N6O7S2/c1-9-17-39-33(47)29(45)27(21-25-13-14-25)41-32(46)28-22-26(20-24(2)3)23-44(28)35(49)31(37(4,5)6)42-34(48)30(38(7)15-11-10-12-16-38)43-53(8,50,51)36-40-18-19-52-36/h9,18-19,24-28,30-31H,1,10-17,20-23H2,2-8H3,(H,39,47)(H,41,46)(H,42,48)(H2,43,50,51)/t26-,27?,28+,30-,31-/m1/s1. The highest BCUT2D eigenvalue weighted by atomic mass is 32.3. The predicted molar refractivity (Wildman–Crippen MR) is 207 cm³/mol. The van der Waals surface area contributed by atoms with Gasteiger partial charge in [-0.25, -0.2) is 9.71 Å². The first-order chi connectivity index (χ1) is 24.6. The first kappa shape index (κ1) is 42.7. The highest BCUT2D eigenvalue weighted by Crippen LogP contribution is 2.42. The van der Waals surface area contributed by atoms with Crippen LogP contribution in [0.4, 0.5) is 0 Å². The average molecular weight is 779 g/mol. The van der Waals surface area contributed by atoms with Gasteiger partial charge in [-0.1, -0.05) is 89.3 Å². The van der Waals surface area contributed by atoms with Crippen molar-refractivity contribution in [3.05, 3.63) is 24.2 Å². The molecule has 4 rings (SSSR count). The van der Waals surface area contributed by atoms with E-state index < -0.39 is 73.9 Å². The number of amides is 4. The Morgan fingerprint density at radius 2 is 1.75 bits per heavy atom. The second-order valence-corrected chi connectivity index (χ2v) is 21.8. The Balaban J connectivity index is 1.64. The van der Waals surface area contributed by atoms with Crippen LogP contribution in [0.5, 0.6) is 0 Å². The van der Waals surface area contributed by atoms with Crippen LogP contribution >= 0.6 is 11.3 Å². The van der Waals surface area contributed by atoms with Gasteiger partial charge in [-0.05, 0) is 60.7 Å². The lowest BCUT2D eigenvalue weighted by molar-refractivity contribution is -0.145. The molecule has 53 heavy (non-hydrogen) atoms. The summed E-state index contributed by atoms with van der Waals surface area (Å²) in [6.07, 6.45) is 11.4. The van der Waals surface area contributed by atoms with Crippen molar-refractivity contribution in [2.75, 3.05) is 19.3 Å². The molecule has 2 heterocycles. The van der Waals surface area contributed by atoms with Crippen LogP contribution in [0.15, 0.2) is 28.6 Å². The summed E-state index contributed by atoms with van der Waals surface area (Å²) in [7, 11) is -4.79. The van der Waals surface area contributed by atoms with Crippen LogP contribution in [-0.2, 0) is 33.5 Å². The molecule has 3 fully saturated rings. The highest BCUT2D eigenvalue weighted by molar-refractivity contribution is 8.14. The SMILES string of the molecule is C=CCNC(=O)C(=O)C(CC1CC1)NC(=O)[C@@H]1C[C@@H](CC(C)C)CN1C(=O)[C@@H](NC(=O)[C@@H](NS(C)(=O)(O)c1nccs1)C1(C)CCCCC1)C(C)(C)C. The number of carbonyl (C=O) groups is 5. The van der Waals surface area contributed by atoms with Crippen LogP contribution in [0.25, 0.3) is 0 Å². The second-order valence-electron chi connectivity index (χ2n) is 17.5. The Bertz CT molecular complexity index is 1570. The first-order valence-electron chi connectivity index (χ1n) is 19.0. The van der Waals surface area contributed by atoms with Gasteiger partial charge in [0.1, 0.15) is 18.1 Å². The van der Waals surface area contributed by atoms with Crippen LogP contribution < -0.4 is 20.7 Å². The maximum atomic E-state index is 14.8. The number of ketones is 1. The molecule has 15 heteroatoms. The molecule has 298 valence electrons. The zero-order valence-electron chi connectivity index (χ0n) is 32.6. The van der Waals surface area contributed by atoms with Crippen molar-refractivity contribution in [1.29, 1.82) is 0 Å². The maximum Gasteiger partial charge on any atom is 0.289 e. The number of rotatable bonds is 17. The number of nitrogens with one attached hydrogen (secondary N) is 4. The molecule has 0 aromatic carbocycles. The average Bonchev–Trinajstić information content (AvgIpc) is 3.50. The molecule has 0 bridgehead atoms. The van der Waals surface area contributed by atoms with Gasteiger partial charge in [-0.3, -0.25) is 28.5 Å². The van der Waals surface area contributed by atoms with E-state index in [-0.39, 0.29) is 29.3 Å². The summed E-state index contributed by atoms with van der Waals surface area (Å²) in [6.45, 7) is 15.6. The van der Waals surface area contributed by atoms with Gasteiger partial charge < -0.3 is 20.9 Å². The first-order valence-corrected chi connectivity index (χ1v) is 22.3. The molecule has 3 aliphatic rings. The number of hydrogen-bond donors (Lipinski definition) is 5. The van der Waals surface area contributed by atoms with Crippen molar-refractivity contribution in [1.82, 2.24) is 30.6 Å². The number of carbonyl (C=O) groups excluding carboxylic acids is 5. The summed E-state index contributed by atoms with van der Waals surface area (Å²) in [5.41, 5.74) is -1.51. The minimum Gasteiger partial charge on any atom is -0.346 e. The molecular formula is C38H62N6O7S2. The summed E-state index contributed by atoms with van der Waals surface area (Å²) >= 11 is 1.03. The van der Waals surface area contributed by atoms with E-state index >= 15 is 0 Å². The lowest BCUT2D eigenvalue weighted by Crippen LogP contribution is -2.65. The van der Waals surface area contributed by atoms with Crippen LogP contribution in [-0.4, -0.2) is 91.6 Å². The van der Waals surface area contributed by atoms with Crippen LogP contribution in [0.1, 0.15) is 106 Å². The normalized spacial score (nSPS) is 22.9. The predicted octanol–water partition coefficient (Wildman–Crippen LogP) is 4.22. The molecule has 1 saturated heterocycles. The van der Waals surface area contributed by atoms with Gasteiger partial charge in [0.25, 0.3) is 5.91 Å². The van der Waals surface area contributed by atoms with Crippen molar-refractivity contribution >= 4 is 50.3 Å².